The van der Waals surface area contributed by atoms with Gasteiger partial charge in [0.25, 0.3) is 17.5 Å². The first kappa shape index (κ1) is 18.6. The molecule has 0 aromatic heterocycles. The van der Waals surface area contributed by atoms with Crippen LogP contribution in [0.25, 0.3) is 0 Å². The van der Waals surface area contributed by atoms with E-state index in [9.17, 15) is 19.7 Å². The maximum absolute atomic E-state index is 12.1. The molecule has 0 unspecified atom stereocenters. The summed E-state index contributed by atoms with van der Waals surface area (Å²) in [6.45, 7) is 4.99. The molecule has 1 rings (SSSR count). The van der Waals surface area contributed by atoms with Crippen LogP contribution in [0, 0.1) is 10.1 Å². The highest BCUT2D eigenvalue weighted by Crippen LogP contribution is 2.17. The zero-order chi connectivity index (χ0) is 17.2. The number of amides is 2. The lowest BCUT2D eigenvalue weighted by atomic mass is 10.1. The number of rotatable bonds is 9. The molecule has 0 heterocycles. The number of nitro groups is 1. The predicted molar refractivity (Wildman–Crippen MR) is 87.6 cm³/mol. The van der Waals surface area contributed by atoms with Crippen LogP contribution in [0.4, 0.5) is 5.69 Å². The number of carbonyl (C=O) groups excluding carboxylic acids is 2. The monoisotopic (exact) mass is 321 g/mol. The van der Waals surface area contributed by atoms with Crippen molar-refractivity contribution in [3.63, 3.8) is 0 Å². The topological polar surface area (TPSA) is 101 Å². The number of nitro benzene ring substituents is 1. The van der Waals surface area contributed by atoms with Crippen molar-refractivity contribution in [1.29, 1.82) is 0 Å². The minimum absolute atomic E-state index is 0.121. The molecule has 0 aliphatic heterocycles. The largest absolute Gasteiger partial charge is 0.352 e. The van der Waals surface area contributed by atoms with Gasteiger partial charge in [0.2, 0.25) is 0 Å². The average molecular weight is 321 g/mol. The summed E-state index contributed by atoms with van der Waals surface area (Å²) in [5.41, 5.74) is -0.0272. The molecule has 0 radical (unpaired) electrons. The van der Waals surface area contributed by atoms with Crippen molar-refractivity contribution in [3.8, 4) is 0 Å². The Hall–Kier alpha value is -2.44. The first-order valence-electron chi connectivity index (χ1n) is 7.85. The number of nitrogens with one attached hydrogen (secondary N) is 2. The maximum atomic E-state index is 12.1. The van der Waals surface area contributed by atoms with Crippen molar-refractivity contribution in [1.82, 2.24) is 10.6 Å². The van der Waals surface area contributed by atoms with Gasteiger partial charge in [0.1, 0.15) is 0 Å². The highest BCUT2D eigenvalue weighted by atomic mass is 16.6. The van der Waals surface area contributed by atoms with E-state index in [-0.39, 0.29) is 16.8 Å². The van der Waals surface area contributed by atoms with E-state index in [0.29, 0.717) is 13.1 Å². The summed E-state index contributed by atoms with van der Waals surface area (Å²) in [7, 11) is 0. The number of unbranched alkanes of at least 4 members (excludes halogenated alkanes) is 2. The normalized spacial score (nSPS) is 10.2. The van der Waals surface area contributed by atoms with Gasteiger partial charge in [-0.3, -0.25) is 19.7 Å². The minimum Gasteiger partial charge on any atom is -0.352 e. The molecule has 7 heteroatoms. The molecule has 0 saturated heterocycles. The predicted octanol–water partition coefficient (Wildman–Crippen LogP) is 2.65. The fourth-order valence-electron chi connectivity index (χ4n) is 1.94. The van der Waals surface area contributed by atoms with Gasteiger partial charge in [0.15, 0.2) is 0 Å². The average Bonchev–Trinajstić information content (AvgIpc) is 2.54. The van der Waals surface area contributed by atoms with Crippen molar-refractivity contribution >= 4 is 17.5 Å². The lowest BCUT2D eigenvalue weighted by Crippen LogP contribution is -2.27. The van der Waals surface area contributed by atoms with Crippen LogP contribution in [0.2, 0.25) is 0 Å². The number of hydrogen-bond donors (Lipinski definition) is 2. The van der Waals surface area contributed by atoms with Crippen LogP contribution in [0.1, 0.15) is 60.2 Å². The van der Waals surface area contributed by atoms with Crippen LogP contribution in [-0.4, -0.2) is 29.8 Å². The van der Waals surface area contributed by atoms with Crippen LogP contribution in [0.3, 0.4) is 0 Å². The smallest absolute Gasteiger partial charge is 0.271 e. The van der Waals surface area contributed by atoms with Crippen LogP contribution in [-0.2, 0) is 0 Å². The Balaban J connectivity index is 2.95. The molecular formula is C16H23N3O4. The molecule has 0 fully saturated rings. The highest BCUT2D eigenvalue weighted by molar-refractivity contribution is 6.00. The van der Waals surface area contributed by atoms with Crippen molar-refractivity contribution in [3.05, 3.63) is 39.4 Å². The molecule has 23 heavy (non-hydrogen) atoms. The molecule has 0 saturated carbocycles. The molecule has 2 amide bonds. The zero-order valence-corrected chi connectivity index (χ0v) is 13.6. The summed E-state index contributed by atoms with van der Waals surface area (Å²) in [4.78, 5) is 34.5. The van der Waals surface area contributed by atoms with E-state index in [4.69, 9.17) is 0 Å². The number of carbonyl (C=O) groups is 2. The molecule has 0 spiro atoms. The first-order chi connectivity index (χ1) is 11.0. The number of hydrogen-bond acceptors (Lipinski definition) is 4. The van der Waals surface area contributed by atoms with E-state index in [1.54, 1.807) is 0 Å². The van der Waals surface area contributed by atoms with Crippen molar-refractivity contribution in [2.24, 2.45) is 0 Å². The van der Waals surface area contributed by atoms with Crippen LogP contribution in [0.15, 0.2) is 18.2 Å². The van der Waals surface area contributed by atoms with Gasteiger partial charge in [-0.25, -0.2) is 0 Å². The Labute approximate surface area is 135 Å². The van der Waals surface area contributed by atoms with E-state index < -0.39 is 16.7 Å². The molecule has 1 aromatic carbocycles. The standard InChI is InChI=1S/C16H23N3O4/c1-3-5-7-17-15(20)12-9-13(11-14(10-12)19(22)23)16(21)18-8-6-4-2/h9-11H,3-8H2,1-2H3,(H,17,20)(H,18,21). The number of nitrogens with zero attached hydrogens (tertiary/aromatic N) is 1. The number of non-ortho nitro benzene ring substituents is 1. The second kappa shape index (κ2) is 9.55. The van der Waals surface area contributed by atoms with Gasteiger partial charge < -0.3 is 10.6 Å². The fraction of sp³-hybridized carbons (Fsp3) is 0.500. The lowest BCUT2D eigenvalue weighted by Gasteiger charge is -2.08. The third-order valence-corrected chi connectivity index (χ3v) is 3.28. The van der Waals surface area contributed by atoms with E-state index >= 15 is 0 Å². The van der Waals surface area contributed by atoms with E-state index in [2.05, 4.69) is 10.6 Å². The Morgan fingerprint density at radius 2 is 1.39 bits per heavy atom. The summed E-state index contributed by atoms with van der Waals surface area (Å²) in [5, 5.41) is 16.4. The molecular weight excluding hydrogens is 298 g/mol. The minimum atomic E-state index is -0.606. The van der Waals surface area contributed by atoms with Crippen LogP contribution < -0.4 is 10.6 Å². The SMILES string of the molecule is CCCCNC(=O)c1cc(C(=O)NCCCC)cc([N+](=O)[O-])c1. The molecule has 7 nitrogen and oxygen atoms in total. The summed E-state index contributed by atoms with van der Waals surface area (Å²) >= 11 is 0. The molecule has 0 aliphatic rings. The van der Waals surface area contributed by atoms with Gasteiger partial charge in [0, 0.05) is 36.3 Å². The Bertz CT molecular complexity index is 532. The van der Waals surface area contributed by atoms with Crippen LogP contribution in [0.5, 0.6) is 0 Å². The first-order valence-corrected chi connectivity index (χ1v) is 7.85. The van der Waals surface area contributed by atoms with Gasteiger partial charge in [-0.1, -0.05) is 26.7 Å². The van der Waals surface area contributed by atoms with Gasteiger partial charge in [-0.15, -0.1) is 0 Å². The lowest BCUT2D eigenvalue weighted by molar-refractivity contribution is -0.384. The third-order valence-electron chi connectivity index (χ3n) is 3.28. The van der Waals surface area contributed by atoms with Crippen LogP contribution >= 0.6 is 0 Å². The van der Waals surface area contributed by atoms with E-state index in [1.807, 2.05) is 13.8 Å². The molecule has 2 N–H and O–H groups in total. The van der Waals surface area contributed by atoms with E-state index in [1.165, 1.54) is 18.2 Å². The summed E-state index contributed by atoms with van der Waals surface area (Å²) in [5.74, 6) is -0.825. The Morgan fingerprint density at radius 3 is 1.74 bits per heavy atom. The Kier molecular flexibility index (Phi) is 7.73. The molecule has 0 atom stereocenters. The maximum Gasteiger partial charge on any atom is 0.271 e. The van der Waals surface area contributed by atoms with Gasteiger partial charge in [-0.05, 0) is 18.9 Å². The molecule has 1 aromatic rings. The zero-order valence-electron chi connectivity index (χ0n) is 13.6. The van der Waals surface area contributed by atoms with E-state index in [0.717, 1.165) is 25.7 Å². The second-order valence-electron chi connectivity index (χ2n) is 5.24. The molecule has 0 bridgehead atoms. The van der Waals surface area contributed by atoms with Gasteiger partial charge in [0.05, 0.1) is 4.92 Å². The Morgan fingerprint density at radius 1 is 0.957 bits per heavy atom. The number of benzene rings is 1. The van der Waals surface area contributed by atoms with Gasteiger partial charge >= 0.3 is 0 Å². The highest BCUT2D eigenvalue weighted by Gasteiger charge is 2.17. The fourth-order valence-corrected chi connectivity index (χ4v) is 1.94. The summed E-state index contributed by atoms with van der Waals surface area (Å²) in [6.07, 6.45) is 3.51. The quantitative estimate of drug-likeness (QED) is 0.415. The van der Waals surface area contributed by atoms with Gasteiger partial charge in [-0.2, -0.15) is 0 Å². The summed E-state index contributed by atoms with van der Waals surface area (Å²) < 4.78 is 0. The summed E-state index contributed by atoms with van der Waals surface area (Å²) in [6, 6.07) is 3.75. The van der Waals surface area contributed by atoms with Crippen molar-refractivity contribution in [2.45, 2.75) is 39.5 Å². The molecule has 126 valence electrons. The van der Waals surface area contributed by atoms with Crippen molar-refractivity contribution < 1.29 is 14.5 Å². The second-order valence-corrected chi connectivity index (χ2v) is 5.24. The molecule has 0 aliphatic carbocycles. The van der Waals surface area contributed by atoms with Crippen molar-refractivity contribution in [2.75, 3.05) is 13.1 Å². The third kappa shape index (κ3) is 6.06.